The van der Waals surface area contributed by atoms with E-state index >= 15 is 0 Å². The van der Waals surface area contributed by atoms with E-state index in [2.05, 4.69) is 40.7 Å². The summed E-state index contributed by atoms with van der Waals surface area (Å²) < 4.78 is 1.70. The second-order valence-electron chi connectivity index (χ2n) is 7.73. The Morgan fingerprint density at radius 2 is 2.00 bits per heavy atom. The SMILES string of the molecule is Cc1sc2nc(CN3CCC(C)CC3)nc(Sc3nc4ncccn4n3)c2c1C. The van der Waals surface area contributed by atoms with Crippen molar-refractivity contribution in [1.29, 1.82) is 0 Å². The predicted molar refractivity (Wildman–Crippen MR) is 115 cm³/mol. The standard InChI is InChI=1S/C20H23N7S2/c1-12-5-9-26(10-6-12)11-15-22-17-16(13(2)14(3)28-17)18(23-15)29-20-24-19-21-7-4-8-27(19)25-20/h4,7-8,12H,5-6,9-11H2,1-3H3. The zero-order valence-corrected chi connectivity index (χ0v) is 18.4. The second kappa shape index (κ2) is 7.62. The van der Waals surface area contributed by atoms with E-state index < -0.39 is 0 Å². The van der Waals surface area contributed by atoms with Gasteiger partial charge in [0, 0.05) is 22.7 Å². The fraction of sp³-hybridized carbons (Fsp3) is 0.450. The first-order valence-corrected chi connectivity index (χ1v) is 11.5. The molecule has 0 atom stereocenters. The Labute approximate surface area is 177 Å². The van der Waals surface area contributed by atoms with Gasteiger partial charge in [0.2, 0.25) is 5.16 Å². The van der Waals surface area contributed by atoms with Crippen LogP contribution in [0, 0.1) is 19.8 Å². The van der Waals surface area contributed by atoms with E-state index in [1.807, 2.05) is 12.3 Å². The van der Waals surface area contributed by atoms with Crippen LogP contribution < -0.4 is 0 Å². The number of aromatic nitrogens is 6. The number of aryl methyl sites for hydroxylation is 2. The summed E-state index contributed by atoms with van der Waals surface area (Å²) in [6.07, 6.45) is 6.08. The average Bonchev–Trinajstić information content (AvgIpc) is 3.23. The van der Waals surface area contributed by atoms with Crippen molar-refractivity contribution in [3.63, 3.8) is 0 Å². The molecule has 0 aliphatic carbocycles. The normalized spacial score (nSPS) is 16.2. The first kappa shape index (κ1) is 18.9. The first-order valence-electron chi connectivity index (χ1n) is 9.91. The van der Waals surface area contributed by atoms with E-state index in [-0.39, 0.29) is 0 Å². The highest BCUT2D eigenvalue weighted by Crippen LogP contribution is 2.37. The van der Waals surface area contributed by atoms with Crippen LogP contribution in [0.25, 0.3) is 16.0 Å². The largest absolute Gasteiger partial charge is 0.296 e. The van der Waals surface area contributed by atoms with Gasteiger partial charge in [0.25, 0.3) is 5.78 Å². The van der Waals surface area contributed by atoms with Gasteiger partial charge in [-0.1, -0.05) is 6.92 Å². The van der Waals surface area contributed by atoms with Gasteiger partial charge in [-0.25, -0.2) is 19.5 Å². The molecule has 0 aromatic carbocycles. The number of thiophene rings is 1. The summed E-state index contributed by atoms with van der Waals surface area (Å²) in [6.45, 7) is 9.66. The highest BCUT2D eigenvalue weighted by atomic mass is 32.2. The number of hydrogen-bond donors (Lipinski definition) is 0. The number of nitrogens with zero attached hydrogens (tertiary/aromatic N) is 7. The van der Waals surface area contributed by atoms with E-state index in [9.17, 15) is 0 Å². The fourth-order valence-electron chi connectivity index (χ4n) is 3.66. The molecule has 0 spiro atoms. The maximum atomic E-state index is 4.96. The van der Waals surface area contributed by atoms with Crippen molar-refractivity contribution in [1.82, 2.24) is 34.4 Å². The number of hydrogen-bond acceptors (Lipinski definition) is 8. The monoisotopic (exact) mass is 425 g/mol. The maximum Gasteiger partial charge on any atom is 0.253 e. The van der Waals surface area contributed by atoms with Crippen molar-refractivity contribution in [2.24, 2.45) is 5.92 Å². The molecular weight excluding hydrogens is 402 g/mol. The van der Waals surface area contributed by atoms with Crippen molar-refractivity contribution >= 4 is 39.1 Å². The van der Waals surface area contributed by atoms with E-state index in [4.69, 9.17) is 9.97 Å². The summed E-state index contributed by atoms with van der Waals surface area (Å²) in [5, 5.41) is 7.26. The van der Waals surface area contributed by atoms with Gasteiger partial charge >= 0.3 is 0 Å². The Morgan fingerprint density at radius 3 is 2.79 bits per heavy atom. The Bertz CT molecular complexity index is 1140. The lowest BCUT2D eigenvalue weighted by molar-refractivity contribution is 0.181. The molecule has 4 aromatic rings. The van der Waals surface area contributed by atoms with Gasteiger partial charge in [0.1, 0.15) is 15.7 Å². The Morgan fingerprint density at radius 1 is 1.17 bits per heavy atom. The topological polar surface area (TPSA) is 72.1 Å². The molecule has 1 aliphatic heterocycles. The molecule has 0 amide bonds. The molecule has 1 saturated heterocycles. The highest BCUT2D eigenvalue weighted by molar-refractivity contribution is 7.99. The molecule has 0 N–H and O–H groups in total. The van der Waals surface area contributed by atoms with E-state index in [0.717, 1.165) is 46.6 Å². The van der Waals surface area contributed by atoms with Crippen LogP contribution >= 0.6 is 23.1 Å². The predicted octanol–water partition coefficient (Wildman–Crippen LogP) is 4.13. The minimum atomic E-state index is 0.598. The molecule has 7 nitrogen and oxygen atoms in total. The van der Waals surface area contributed by atoms with Crippen LogP contribution in [0.5, 0.6) is 0 Å². The third-order valence-corrected chi connectivity index (χ3v) is 7.51. The molecule has 5 heterocycles. The molecule has 1 aliphatic rings. The Hall–Kier alpha value is -2.10. The quantitative estimate of drug-likeness (QED) is 0.455. The van der Waals surface area contributed by atoms with E-state index in [1.165, 1.54) is 35.0 Å². The minimum absolute atomic E-state index is 0.598. The lowest BCUT2D eigenvalue weighted by atomic mass is 9.99. The molecule has 4 aromatic heterocycles. The smallest absolute Gasteiger partial charge is 0.253 e. The second-order valence-corrected chi connectivity index (χ2v) is 9.89. The average molecular weight is 426 g/mol. The summed E-state index contributed by atoms with van der Waals surface area (Å²) in [7, 11) is 0. The van der Waals surface area contributed by atoms with Gasteiger partial charge in [-0.15, -0.1) is 16.4 Å². The zero-order chi connectivity index (χ0) is 20.0. The van der Waals surface area contributed by atoms with Crippen LogP contribution in [-0.4, -0.2) is 47.5 Å². The van der Waals surface area contributed by atoms with Gasteiger partial charge in [-0.05, 0) is 69.1 Å². The van der Waals surface area contributed by atoms with Crippen molar-refractivity contribution in [3.05, 3.63) is 34.7 Å². The lowest BCUT2D eigenvalue weighted by Crippen LogP contribution is -2.32. The molecule has 0 radical (unpaired) electrons. The van der Waals surface area contributed by atoms with Crippen molar-refractivity contribution in [3.8, 4) is 0 Å². The van der Waals surface area contributed by atoms with Crippen molar-refractivity contribution in [2.45, 2.75) is 50.3 Å². The fourth-order valence-corrected chi connectivity index (χ4v) is 5.71. The summed E-state index contributed by atoms with van der Waals surface area (Å²) in [4.78, 5) is 23.5. The van der Waals surface area contributed by atoms with Gasteiger partial charge in [0.15, 0.2) is 0 Å². The summed E-state index contributed by atoms with van der Waals surface area (Å²) >= 11 is 3.24. The summed E-state index contributed by atoms with van der Waals surface area (Å²) in [5.41, 5.74) is 1.24. The van der Waals surface area contributed by atoms with Crippen LogP contribution in [-0.2, 0) is 6.54 Å². The lowest BCUT2D eigenvalue weighted by Gasteiger charge is -2.29. The van der Waals surface area contributed by atoms with Crippen LogP contribution in [0.1, 0.15) is 36.0 Å². The molecule has 1 fully saturated rings. The molecule has 9 heteroatoms. The number of rotatable bonds is 4. The zero-order valence-electron chi connectivity index (χ0n) is 16.8. The molecule has 0 saturated carbocycles. The molecule has 5 rings (SSSR count). The van der Waals surface area contributed by atoms with Gasteiger partial charge in [-0.3, -0.25) is 4.90 Å². The number of likely N-dealkylation sites (tertiary alicyclic amines) is 1. The molecule has 0 bridgehead atoms. The summed E-state index contributed by atoms with van der Waals surface area (Å²) in [5.74, 6) is 2.30. The van der Waals surface area contributed by atoms with Gasteiger partial charge < -0.3 is 0 Å². The van der Waals surface area contributed by atoms with Crippen molar-refractivity contribution < 1.29 is 0 Å². The molecule has 29 heavy (non-hydrogen) atoms. The Balaban J connectivity index is 1.51. The molecule has 0 unspecified atom stereocenters. The van der Waals surface area contributed by atoms with Crippen LogP contribution in [0.3, 0.4) is 0 Å². The number of fused-ring (bicyclic) bond motifs is 2. The summed E-state index contributed by atoms with van der Waals surface area (Å²) in [6, 6.07) is 1.85. The van der Waals surface area contributed by atoms with Crippen LogP contribution in [0.2, 0.25) is 0 Å². The van der Waals surface area contributed by atoms with Crippen molar-refractivity contribution in [2.75, 3.05) is 13.1 Å². The minimum Gasteiger partial charge on any atom is -0.296 e. The molecular formula is C20H23N7S2. The van der Waals surface area contributed by atoms with Crippen LogP contribution in [0.4, 0.5) is 0 Å². The highest BCUT2D eigenvalue weighted by Gasteiger charge is 2.21. The Kier molecular flexibility index (Phi) is 4.97. The van der Waals surface area contributed by atoms with E-state index in [0.29, 0.717) is 10.9 Å². The maximum absolute atomic E-state index is 4.96. The first-order chi connectivity index (χ1) is 14.1. The molecule has 150 valence electrons. The third kappa shape index (κ3) is 3.74. The van der Waals surface area contributed by atoms with Gasteiger partial charge in [0.05, 0.1) is 6.54 Å². The van der Waals surface area contributed by atoms with Gasteiger partial charge in [-0.2, -0.15) is 4.98 Å². The van der Waals surface area contributed by atoms with E-state index in [1.54, 1.807) is 22.0 Å². The van der Waals surface area contributed by atoms with Crippen LogP contribution in [0.15, 0.2) is 28.6 Å². The third-order valence-electron chi connectivity index (χ3n) is 5.57. The number of piperidine rings is 1.